The Morgan fingerprint density at radius 2 is 2.11 bits per heavy atom. The van der Waals surface area contributed by atoms with Gasteiger partial charge in [-0.1, -0.05) is 22.7 Å². The molecule has 2 aromatic heterocycles. The number of methoxy groups -OCH3 is 1. The maximum absolute atomic E-state index is 13.5. The third-order valence-corrected chi connectivity index (χ3v) is 5.59. The number of nitro groups is 1. The minimum absolute atomic E-state index is 0.0357. The number of thiazole rings is 1. The Hall–Kier alpha value is -3.18. The fraction of sp³-hybridized carbons (Fsp3) is 0.118. The molecule has 0 unspecified atom stereocenters. The average Bonchev–Trinajstić information content (AvgIpc) is 3.25. The predicted octanol–water partition coefficient (Wildman–Crippen LogP) is 3.13. The van der Waals surface area contributed by atoms with Crippen LogP contribution < -0.4 is 4.80 Å². The third-order valence-electron chi connectivity index (χ3n) is 3.55. The molecule has 0 saturated carbocycles. The number of hydrogen-bond acceptors (Lipinski definition) is 7. The highest BCUT2D eigenvalue weighted by molar-refractivity contribution is 7.16. The molecule has 0 aliphatic rings. The zero-order valence-corrected chi connectivity index (χ0v) is 16.0. The van der Waals surface area contributed by atoms with Crippen LogP contribution in [-0.2, 0) is 20.9 Å². The van der Waals surface area contributed by atoms with Gasteiger partial charge in [-0.25, -0.2) is 4.39 Å². The number of carbonyl (C=O) groups is 2. The van der Waals surface area contributed by atoms with Crippen LogP contribution in [0.3, 0.4) is 0 Å². The topological polar surface area (TPSA) is 104 Å². The first kappa shape index (κ1) is 19.6. The van der Waals surface area contributed by atoms with Gasteiger partial charge in [-0.2, -0.15) is 4.99 Å². The number of nitrogens with zero attached hydrogens (tertiary/aromatic N) is 3. The quantitative estimate of drug-likeness (QED) is 0.272. The summed E-state index contributed by atoms with van der Waals surface area (Å²) in [5.74, 6) is -1.61. The Bertz CT molecular complexity index is 1180. The van der Waals surface area contributed by atoms with Crippen LogP contribution in [0.2, 0.25) is 0 Å². The highest BCUT2D eigenvalue weighted by atomic mass is 32.1. The summed E-state index contributed by atoms with van der Waals surface area (Å²) < 4.78 is 20.1. The van der Waals surface area contributed by atoms with Crippen molar-refractivity contribution < 1.29 is 23.6 Å². The molecular weight excluding hydrogens is 409 g/mol. The van der Waals surface area contributed by atoms with E-state index in [1.54, 1.807) is 0 Å². The van der Waals surface area contributed by atoms with E-state index >= 15 is 0 Å². The standard InChI is InChI=1S/C17H12FN3O5S2/c1-26-16(23)9-20-12-5-2-10(18)8-13(12)28-17(20)19-14(22)6-3-11-4-7-15(27-11)21(24)25/h2-8H,9H2,1H3/b6-3-,19-17?. The molecule has 0 saturated heterocycles. The molecule has 1 aromatic carbocycles. The summed E-state index contributed by atoms with van der Waals surface area (Å²) in [6.45, 7) is -0.185. The molecule has 8 nitrogen and oxygen atoms in total. The lowest BCUT2D eigenvalue weighted by molar-refractivity contribution is -0.380. The summed E-state index contributed by atoms with van der Waals surface area (Å²) in [7, 11) is 1.24. The maximum Gasteiger partial charge on any atom is 0.325 e. The van der Waals surface area contributed by atoms with Crippen LogP contribution in [-0.4, -0.2) is 28.5 Å². The van der Waals surface area contributed by atoms with Gasteiger partial charge in [0.1, 0.15) is 12.4 Å². The van der Waals surface area contributed by atoms with Gasteiger partial charge >= 0.3 is 11.0 Å². The van der Waals surface area contributed by atoms with E-state index in [1.165, 1.54) is 54.2 Å². The van der Waals surface area contributed by atoms with Crippen molar-refractivity contribution >= 4 is 55.8 Å². The normalized spacial score (nSPS) is 12.0. The molecular formula is C17H12FN3O5S2. The van der Waals surface area contributed by atoms with E-state index in [2.05, 4.69) is 9.73 Å². The second kappa shape index (κ2) is 8.23. The molecule has 0 aliphatic carbocycles. The summed E-state index contributed by atoms with van der Waals surface area (Å²) >= 11 is 1.98. The highest BCUT2D eigenvalue weighted by Gasteiger charge is 2.12. The van der Waals surface area contributed by atoms with Crippen molar-refractivity contribution in [2.24, 2.45) is 4.99 Å². The number of halogens is 1. The van der Waals surface area contributed by atoms with E-state index < -0.39 is 22.6 Å². The van der Waals surface area contributed by atoms with Crippen molar-refractivity contribution in [3.05, 3.63) is 62.0 Å². The van der Waals surface area contributed by atoms with Crippen LogP contribution >= 0.6 is 22.7 Å². The molecule has 0 N–H and O–H groups in total. The first-order valence-corrected chi connectivity index (χ1v) is 9.37. The lowest BCUT2D eigenvalue weighted by atomic mass is 10.3. The molecule has 11 heteroatoms. The number of benzene rings is 1. The first-order chi connectivity index (χ1) is 13.4. The zero-order chi connectivity index (χ0) is 20.3. The van der Waals surface area contributed by atoms with Gasteiger partial charge in [0, 0.05) is 17.0 Å². The number of ether oxygens (including phenoxy) is 1. The maximum atomic E-state index is 13.5. The third kappa shape index (κ3) is 4.38. The van der Waals surface area contributed by atoms with Crippen molar-refractivity contribution in [2.45, 2.75) is 6.54 Å². The molecule has 0 atom stereocenters. The minimum atomic E-state index is -0.623. The van der Waals surface area contributed by atoms with Crippen molar-refractivity contribution in [1.29, 1.82) is 0 Å². The number of esters is 1. The molecule has 1 amide bonds. The van der Waals surface area contributed by atoms with E-state index in [9.17, 15) is 24.1 Å². The van der Waals surface area contributed by atoms with Gasteiger partial charge in [-0.3, -0.25) is 19.7 Å². The second-order valence-corrected chi connectivity index (χ2v) is 7.48. The van der Waals surface area contributed by atoms with Crippen molar-refractivity contribution in [3.8, 4) is 0 Å². The molecule has 144 valence electrons. The van der Waals surface area contributed by atoms with Gasteiger partial charge < -0.3 is 9.30 Å². The summed E-state index contributed by atoms with van der Waals surface area (Å²) in [4.78, 5) is 38.8. The van der Waals surface area contributed by atoms with Crippen molar-refractivity contribution in [2.75, 3.05) is 7.11 Å². The lowest BCUT2D eigenvalue weighted by Crippen LogP contribution is -2.22. The zero-order valence-electron chi connectivity index (χ0n) is 14.3. The molecule has 0 spiro atoms. The average molecular weight is 421 g/mol. The van der Waals surface area contributed by atoms with Gasteiger partial charge in [0.15, 0.2) is 4.80 Å². The van der Waals surface area contributed by atoms with Gasteiger partial charge in [0.25, 0.3) is 5.91 Å². The predicted molar refractivity (Wildman–Crippen MR) is 102 cm³/mol. The van der Waals surface area contributed by atoms with Crippen molar-refractivity contribution in [3.63, 3.8) is 0 Å². The smallest absolute Gasteiger partial charge is 0.325 e. The van der Waals surface area contributed by atoms with Gasteiger partial charge in [0.05, 0.1) is 22.2 Å². The summed E-state index contributed by atoms with van der Waals surface area (Å²) in [5.41, 5.74) is 0.543. The van der Waals surface area contributed by atoms with E-state index in [-0.39, 0.29) is 16.3 Å². The fourth-order valence-corrected chi connectivity index (χ4v) is 4.08. The number of rotatable bonds is 5. The monoisotopic (exact) mass is 421 g/mol. The van der Waals surface area contributed by atoms with Crippen LogP contribution in [0.25, 0.3) is 16.3 Å². The Kier molecular flexibility index (Phi) is 5.76. The van der Waals surface area contributed by atoms with Crippen LogP contribution in [0.5, 0.6) is 0 Å². The molecule has 2 heterocycles. The Morgan fingerprint density at radius 1 is 1.32 bits per heavy atom. The van der Waals surface area contributed by atoms with Crippen LogP contribution in [0.15, 0.2) is 41.4 Å². The van der Waals surface area contributed by atoms with E-state index in [0.717, 1.165) is 22.7 Å². The molecule has 0 fully saturated rings. The Balaban J connectivity index is 1.95. The summed E-state index contributed by atoms with van der Waals surface area (Å²) in [6.07, 6.45) is 2.59. The van der Waals surface area contributed by atoms with E-state index in [4.69, 9.17) is 0 Å². The number of hydrogen-bond donors (Lipinski definition) is 0. The minimum Gasteiger partial charge on any atom is -0.468 e. The van der Waals surface area contributed by atoms with E-state index in [1.807, 2.05) is 0 Å². The van der Waals surface area contributed by atoms with Gasteiger partial charge in [-0.15, -0.1) is 0 Å². The molecule has 28 heavy (non-hydrogen) atoms. The molecule has 0 radical (unpaired) electrons. The number of aromatic nitrogens is 1. The van der Waals surface area contributed by atoms with Gasteiger partial charge in [0.2, 0.25) is 0 Å². The lowest BCUT2D eigenvalue weighted by Gasteiger charge is -2.03. The van der Waals surface area contributed by atoms with E-state index in [0.29, 0.717) is 15.1 Å². The summed E-state index contributed by atoms with van der Waals surface area (Å²) in [6, 6.07) is 6.90. The number of fused-ring (bicyclic) bond motifs is 1. The first-order valence-electron chi connectivity index (χ1n) is 7.74. The Labute approximate surface area is 165 Å². The van der Waals surface area contributed by atoms with Crippen LogP contribution in [0.4, 0.5) is 9.39 Å². The largest absolute Gasteiger partial charge is 0.468 e. The molecule has 0 bridgehead atoms. The van der Waals surface area contributed by atoms with Gasteiger partial charge in [-0.05, 0) is 30.3 Å². The number of amides is 1. The Morgan fingerprint density at radius 3 is 2.79 bits per heavy atom. The molecule has 3 rings (SSSR count). The summed E-state index contributed by atoms with van der Waals surface area (Å²) in [5, 5.41) is 10.7. The number of carbonyl (C=O) groups excluding carboxylic acids is 2. The van der Waals surface area contributed by atoms with Crippen molar-refractivity contribution in [1.82, 2.24) is 4.57 Å². The molecule has 0 aliphatic heterocycles. The second-order valence-electron chi connectivity index (χ2n) is 5.38. The fourth-order valence-electron chi connectivity index (χ4n) is 2.29. The highest BCUT2D eigenvalue weighted by Crippen LogP contribution is 2.24. The van der Waals surface area contributed by atoms with Crippen LogP contribution in [0.1, 0.15) is 4.88 Å². The molecule has 3 aromatic rings. The number of thiophene rings is 1. The van der Waals surface area contributed by atoms with Crippen LogP contribution in [0, 0.1) is 15.9 Å². The SMILES string of the molecule is COC(=O)Cn1c(=NC(=O)/C=C\c2ccc([N+](=O)[O-])s2)sc2cc(F)ccc21.